The van der Waals surface area contributed by atoms with Crippen molar-refractivity contribution in [1.82, 2.24) is 10.3 Å². The standard InChI is InChI=1S/C15H20N4O2/c1-3-13-8-18-14(21-13)9-17-7-12-5-4-11(6-10(12)2)15(16)19-20/h4-6,8,17,20H,3,7,9H2,1-2H3,(H2,16,19). The van der Waals surface area contributed by atoms with Crippen LogP contribution in [0.4, 0.5) is 0 Å². The van der Waals surface area contributed by atoms with Gasteiger partial charge in [-0.2, -0.15) is 0 Å². The summed E-state index contributed by atoms with van der Waals surface area (Å²) in [6, 6.07) is 5.69. The van der Waals surface area contributed by atoms with Gasteiger partial charge in [0.2, 0.25) is 5.89 Å². The van der Waals surface area contributed by atoms with Crippen LogP contribution in [-0.2, 0) is 19.5 Å². The molecule has 1 aromatic heterocycles. The Balaban J connectivity index is 1.94. The van der Waals surface area contributed by atoms with E-state index < -0.39 is 0 Å². The molecule has 0 saturated carbocycles. The van der Waals surface area contributed by atoms with Gasteiger partial charge in [0.1, 0.15) is 5.76 Å². The van der Waals surface area contributed by atoms with Crippen molar-refractivity contribution >= 4 is 5.84 Å². The van der Waals surface area contributed by atoms with Crippen LogP contribution < -0.4 is 11.1 Å². The summed E-state index contributed by atoms with van der Waals surface area (Å²) in [5, 5.41) is 15.0. The predicted octanol–water partition coefficient (Wildman–Crippen LogP) is 1.93. The van der Waals surface area contributed by atoms with E-state index in [9.17, 15) is 0 Å². The topological polar surface area (TPSA) is 96.7 Å². The fraction of sp³-hybridized carbons (Fsp3) is 0.333. The number of oxime groups is 1. The summed E-state index contributed by atoms with van der Waals surface area (Å²) < 4.78 is 5.53. The summed E-state index contributed by atoms with van der Waals surface area (Å²) in [5.41, 5.74) is 8.50. The molecule has 2 aromatic rings. The summed E-state index contributed by atoms with van der Waals surface area (Å²) in [6.45, 7) is 5.31. The van der Waals surface area contributed by atoms with Crippen molar-refractivity contribution in [2.75, 3.05) is 0 Å². The maximum Gasteiger partial charge on any atom is 0.208 e. The number of benzene rings is 1. The van der Waals surface area contributed by atoms with Crippen molar-refractivity contribution in [3.63, 3.8) is 0 Å². The molecule has 21 heavy (non-hydrogen) atoms. The zero-order valence-electron chi connectivity index (χ0n) is 12.3. The van der Waals surface area contributed by atoms with E-state index in [-0.39, 0.29) is 5.84 Å². The minimum Gasteiger partial charge on any atom is -0.444 e. The van der Waals surface area contributed by atoms with E-state index in [4.69, 9.17) is 15.4 Å². The first-order valence-electron chi connectivity index (χ1n) is 6.85. The van der Waals surface area contributed by atoms with Crippen molar-refractivity contribution in [2.24, 2.45) is 10.9 Å². The Labute approximate surface area is 123 Å². The Hall–Kier alpha value is -2.34. The number of oxazole rings is 1. The average molecular weight is 288 g/mol. The number of aromatic nitrogens is 1. The van der Waals surface area contributed by atoms with Crippen molar-refractivity contribution in [3.8, 4) is 0 Å². The molecule has 0 aliphatic rings. The van der Waals surface area contributed by atoms with Gasteiger partial charge in [-0.15, -0.1) is 0 Å². The molecular formula is C15H20N4O2. The number of amidine groups is 1. The number of rotatable bonds is 6. The maximum atomic E-state index is 8.67. The molecule has 6 heteroatoms. The smallest absolute Gasteiger partial charge is 0.208 e. The van der Waals surface area contributed by atoms with Crippen LogP contribution in [0.15, 0.2) is 34.0 Å². The van der Waals surface area contributed by atoms with E-state index >= 15 is 0 Å². The second kappa shape index (κ2) is 6.90. The fourth-order valence-electron chi connectivity index (χ4n) is 2.01. The molecule has 0 aliphatic heterocycles. The van der Waals surface area contributed by atoms with Gasteiger partial charge < -0.3 is 20.7 Å². The number of hydrogen-bond donors (Lipinski definition) is 3. The van der Waals surface area contributed by atoms with Crippen LogP contribution >= 0.6 is 0 Å². The first kappa shape index (κ1) is 15.1. The van der Waals surface area contributed by atoms with Crippen LogP contribution in [-0.4, -0.2) is 16.0 Å². The Morgan fingerprint density at radius 2 is 2.24 bits per heavy atom. The van der Waals surface area contributed by atoms with Gasteiger partial charge in [-0.25, -0.2) is 4.98 Å². The van der Waals surface area contributed by atoms with Gasteiger partial charge in [0.05, 0.1) is 12.7 Å². The summed E-state index contributed by atoms with van der Waals surface area (Å²) in [7, 11) is 0. The van der Waals surface area contributed by atoms with E-state index in [1.807, 2.05) is 32.0 Å². The van der Waals surface area contributed by atoms with Gasteiger partial charge in [0.15, 0.2) is 5.84 Å². The fourth-order valence-corrected chi connectivity index (χ4v) is 2.01. The summed E-state index contributed by atoms with van der Waals surface area (Å²) >= 11 is 0. The molecule has 0 fully saturated rings. The summed E-state index contributed by atoms with van der Waals surface area (Å²) in [5.74, 6) is 1.70. The largest absolute Gasteiger partial charge is 0.444 e. The average Bonchev–Trinajstić information content (AvgIpc) is 2.96. The van der Waals surface area contributed by atoms with E-state index in [2.05, 4.69) is 15.5 Å². The first-order chi connectivity index (χ1) is 10.1. The number of aryl methyl sites for hydroxylation is 2. The molecule has 0 unspecified atom stereocenters. The van der Waals surface area contributed by atoms with Crippen molar-refractivity contribution in [1.29, 1.82) is 0 Å². The quantitative estimate of drug-likeness (QED) is 0.326. The molecule has 112 valence electrons. The lowest BCUT2D eigenvalue weighted by Crippen LogP contribution is -2.16. The lowest BCUT2D eigenvalue weighted by molar-refractivity contribution is 0.318. The molecule has 1 aromatic carbocycles. The molecule has 0 radical (unpaired) electrons. The third-order valence-corrected chi connectivity index (χ3v) is 3.29. The van der Waals surface area contributed by atoms with Crippen molar-refractivity contribution in [2.45, 2.75) is 33.4 Å². The van der Waals surface area contributed by atoms with E-state index in [0.717, 1.165) is 23.3 Å². The molecule has 0 aliphatic carbocycles. The number of nitrogens with zero attached hydrogens (tertiary/aromatic N) is 2. The highest BCUT2D eigenvalue weighted by Gasteiger charge is 2.05. The van der Waals surface area contributed by atoms with Gasteiger partial charge in [-0.05, 0) is 24.1 Å². The van der Waals surface area contributed by atoms with E-state index in [1.54, 1.807) is 6.20 Å². The predicted molar refractivity (Wildman–Crippen MR) is 80.1 cm³/mol. The Kier molecular flexibility index (Phi) is 4.94. The molecule has 1 heterocycles. The zero-order chi connectivity index (χ0) is 15.2. The SMILES string of the molecule is CCc1cnc(CNCc2ccc(/C(N)=N/O)cc2C)o1. The minimum absolute atomic E-state index is 0.115. The second-order valence-corrected chi connectivity index (χ2v) is 4.80. The molecular weight excluding hydrogens is 268 g/mol. The van der Waals surface area contributed by atoms with Crippen molar-refractivity contribution in [3.05, 3.63) is 52.7 Å². The normalized spacial score (nSPS) is 11.8. The number of hydrogen-bond acceptors (Lipinski definition) is 5. The van der Waals surface area contributed by atoms with Crippen LogP contribution in [0.5, 0.6) is 0 Å². The highest BCUT2D eigenvalue weighted by molar-refractivity contribution is 5.97. The van der Waals surface area contributed by atoms with Gasteiger partial charge in [-0.1, -0.05) is 24.2 Å². The van der Waals surface area contributed by atoms with Gasteiger partial charge in [0, 0.05) is 18.5 Å². The molecule has 0 saturated heterocycles. The van der Waals surface area contributed by atoms with Gasteiger partial charge in [-0.3, -0.25) is 0 Å². The number of nitrogens with one attached hydrogen (secondary N) is 1. The van der Waals surface area contributed by atoms with Crippen LogP contribution in [0.25, 0.3) is 0 Å². The highest BCUT2D eigenvalue weighted by Crippen LogP contribution is 2.11. The van der Waals surface area contributed by atoms with Gasteiger partial charge in [0.25, 0.3) is 0 Å². The second-order valence-electron chi connectivity index (χ2n) is 4.80. The monoisotopic (exact) mass is 288 g/mol. The maximum absolute atomic E-state index is 8.67. The van der Waals surface area contributed by atoms with Crippen LogP contribution in [0.1, 0.15) is 35.3 Å². The molecule has 4 N–H and O–H groups in total. The molecule has 0 bridgehead atoms. The van der Waals surface area contributed by atoms with Crippen molar-refractivity contribution < 1.29 is 9.62 Å². The van der Waals surface area contributed by atoms with E-state index in [0.29, 0.717) is 24.5 Å². The third-order valence-electron chi connectivity index (χ3n) is 3.29. The van der Waals surface area contributed by atoms with Crippen LogP contribution in [0, 0.1) is 6.92 Å². The first-order valence-corrected chi connectivity index (χ1v) is 6.85. The third kappa shape index (κ3) is 3.82. The van der Waals surface area contributed by atoms with Crippen LogP contribution in [0.3, 0.4) is 0 Å². The lowest BCUT2D eigenvalue weighted by atomic mass is 10.0. The minimum atomic E-state index is 0.115. The van der Waals surface area contributed by atoms with Crippen LogP contribution in [0.2, 0.25) is 0 Å². The highest BCUT2D eigenvalue weighted by atomic mass is 16.4. The lowest BCUT2D eigenvalue weighted by Gasteiger charge is -2.08. The molecule has 6 nitrogen and oxygen atoms in total. The molecule has 0 spiro atoms. The Morgan fingerprint density at radius 3 is 2.86 bits per heavy atom. The van der Waals surface area contributed by atoms with Gasteiger partial charge >= 0.3 is 0 Å². The summed E-state index contributed by atoms with van der Waals surface area (Å²) in [4.78, 5) is 4.20. The van der Waals surface area contributed by atoms with E-state index in [1.165, 1.54) is 0 Å². The summed E-state index contributed by atoms with van der Waals surface area (Å²) in [6.07, 6.45) is 2.61. The Morgan fingerprint density at radius 1 is 1.43 bits per heavy atom. The zero-order valence-corrected chi connectivity index (χ0v) is 12.3. The molecule has 2 rings (SSSR count). The molecule has 0 amide bonds. The Bertz CT molecular complexity index is 634. The molecule has 0 atom stereocenters. The number of nitrogens with two attached hydrogens (primary N) is 1.